The SMILES string of the molecule is CC[C@]1(C)NC(=O)N(CC(=O)O[C@H](C)C(=O)Nc2ccc(F)cc2Cl)C1=O. The number of halogens is 2. The Morgan fingerprint density at radius 2 is 2.07 bits per heavy atom. The Morgan fingerprint density at radius 3 is 2.63 bits per heavy atom. The Bertz CT molecular complexity index is 803. The predicted molar refractivity (Wildman–Crippen MR) is 94.5 cm³/mol. The molecule has 0 unspecified atom stereocenters. The third kappa shape index (κ3) is 4.54. The van der Waals surface area contributed by atoms with Crippen LogP contribution in [0, 0.1) is 5.82 Å². The Morgan fingerprint density at radius 1 is 1.41 bits per heavy atom. The second kappa shape index (κ2) is 7.91. The fraction of sp³-hybridized carbons (Fsp3) is 0.412. The van der Waals surface area contributed by atoms with Gasteiger partial charge in [0.1, 0.15) is 17.9 Å². The maximum absolute atomic E-state index is 13.0. The molecular formula is C17H19ClFN3O5. The quantitative estimate of drug-likeness (QED) is 0.562. The van der Waals surface area contributed by atoms with E-state index in [2.05, 4.69) is 10.6 Å². The van der Waals surface area contributed by atoms with Crippen molar-refractivity contribution in [3.05, 3.63) is 29.0 Å². The van der Waals surface area contributed by atoms with Gasteiger partial charge in [-0.1, -0.05) is 18.5 Å². The van der Waals surface area contributed by atoms with Crippen molar-refractivity contribution in [3.63, 3.8) is 0 Å². The van der Waals surface area contributed by atoms with E-state index < -0.39 is 47.8 Å². The van der Waals surface area contributed by atoms with Gasteiger partial charge in [0.05, 0.1) is 10.7 Å². The van der Waals surface area contributed by atoms with E-state index in [9.17, 15) is 23.6 Å². The molecule has 1 saturated heterocycles. The number of urea groups is 1. The molecule has 0 aliphatic carbocycles. The molecule has 27 heavy (non-hydrogen) atoms. The molecule has 0 saturated carbocycles. The molecule has 2 atom stereocenters. The van der Waals surface area contributed by atoms with Crippen molar-refractivity contribution in [2.24, 2.45) is 0 Å². The highest BCUT2D eigenvalue weighted by atomic mass is 35.5. The first-order valence-corrected chi connectivity index (χ1v) is 8.54. The zero-order chi connectivity index (χ0) is 20.4. The van der Waals surface area contributed by atoms with Crippen molar-refractivity contribution in [2.45, 2.75) is 38.8 Å². The largest absolute Gasteiger partial charge is 0.451 e. The van der Waals surface area contributed by atoms with Crippen LogP contribution < -0.4 is 10.6 Å². The summed E-state index contributed by atoms with van der Waals surface area (Å²) in [4.78, 5) is 49.0. The summed E-state index contributed by atoms with van der Waals surface area (Å²) in [5.41, 5.74) is -0.918. The lowest BCUT2D eigenvalue weighted by atomic mass is 9.99. The predicted octanol–water partition coefficient (Wildman–Crippen LogP) is 2.07. The highest BCUT2D eigenvalue weighted by Gasteiger charge is 2.47. The Balaban J connectivity index is 1.94. The molecule has 0 spiro atoms. The fourth-order valence-corrected chi connectivity index (χ4v) is 2.59. The third-order valence-corrected chi connectivity index (χ3v) is 4.52. The number of rotatable bonds is 6. The van der Waals surface area contributed by atoms with E-state index in [-0.39, 0.29) is 10.7 Å². The van der Waals surface area contributed by atoms with E-state index in [1.165, 1.54) is 13.0 Å². The van der Waals surface area contributed by atoms with Crippen molar-refractivity contribution < 1.29 is 28.3 Å². The molecule has 1 aromatic rings. The average molecular weight is 400 g/mol. The number of benzene rings is 1. The summed E-state index contributed by atoms with van der Waals surface area (Å²) >= 11 is 5.82. The molecule has 1 aromatic carbocycles. The van der Waals surface area contributed by atoms with Gasteiger partial charge in [-0.3, -0.25) is 19.3 Å². The van der Waals surface area contributed by atoms with Gasteiger partial charge in [-0.25, -0.2) is 9.18 Å². The average Bonchev–Trinajstić information content (AvgIpc) is 2.81. The maximum Gasteiger partial charge on any atom is 0.327 e. The van der Waals surface area contributed by atoms with Gasteiger partial charge in [-0.15, -0.1) is 0 Å². The molecule has 1 aliphatic rings. The van der Waals surface area contributed by atoms with Gasteiger partial charge in [0.25, 0.3) is 11.8 Å². The summed E-state index contributed by atoms with van der Waals surface area (Å²) in [6.45, 7) is 3.98. The number of hydrogen-bond acceptors (Lipinski definition) is 5. The normalized spacial score (nSPS) is 20.3. The van der Waals surface area contributed by atoms with Crippen molar-refractivity contribution in [1.29, 1.82) is 0 Å². The number of esters is 1. The molecular weight excluding hydrogens is 381 g/mol. The van der Waals surface area contributed by atoms with Gasteiger partial charge >= 0.3 is 12.0 Å². The van der Waals surface area contributed by atoms with Gasteiger partial charge in [0.15, 0.2) is 6.10 Å². The summed E-state index contributed by atoms with van der Waals surface area (Å²) in [5.74, 6) is -2.73. The van der Waals surface area contributed by atoms with Crippen LogP contribution in [0.1, 0.15) is 27.2 Å². The van der Waals surface area contributed by atoms with Gasteiger partial charge in [-0.05, 0) is 38.5 Å². The van der Waals surface area contributed by atoms with E-state index in [1.54, 1.807) is 13.8 Å². The number of ether oxygens (including phenoxy) is 1. The van der Waals surface area contributed by atoms with Gasteiger partial charge < -0.3 is 15.4 Å². The number of imide groups is 1. The monoisotopic (exact) mass is 399 g/mol. The molecule has 2 N–H and O–H groups in total. The van der Waals surface area contributed by atoms with Crippen molar-refractivity contribution in [1.82, 2.24) is 10.2 Å². The lowest BCUT2D eigenvalue weighted by Gasteiger charge is -2.19. The summed E-state index contributed by atoms with van der Waals surface area (Å²) in [7, 11) is 0. The zero-order valence-corrected chi connectivity index (χ0v) is 15.7. The van der Waals surface area contributed by atoms with E-state index in [0.29, 0.717) is 6.42 Å². The Labute approximate surface area is 160 Å². The summed E-state index contributed by atoms with van der Waals surface area (Å²) in [5, 5.41) is 4.90. The lowest BCUT2D eigenvalue weighted by Crippen LogP contribution is -2.44. The van der Waals surface area contributed by atoms with Crippen molar-refractivity contribution in [3.8, 4) is 0 Å². The van der Waals surface area contributed by atoms with Gasteiger partial charge in [0.2, 0.25) is 0 Å². The molecule has 8 nitrogen and oxygen atoms in total. The van der Waals surface area contributed by atoms with Gasteiger partial charge in [0, 0.05) is 0 Å². The highest BCUT2D eigenvalue weighted by molar-refractivity contribution is 6.33. The Hall–Kier alpha value is -2.68. The number of amides is 4. The number of nitrogens with zero attached hydrogens (tertiary/aromatic N) is 1. The number of hydrogen-bond donors (Lipinski definition) is 2. The molecule has 2 rings (SSSR count). The molecule has 1 fully saturated rings. The molecule has 0 aromatic heterocycles. The van der Waals surface area contributed by atoms with Crippen LogP contribution in [-0.2, 0) is 19.1 Å². The molecule has 4 amide bonds. The highest BCUT2D eigenvalue weighted by Crippen LogP contribution is 2.23. The van der Waals surface area contributed by atoms with Crippen LogP contribution in [0.2, 0.25) is 5.02 Å². The van der Waals surface area contributed by atoms with Crippen LogP contribution in [-0.4, -0.2) is 46.9 Å². The molecule has 0 bridgehead atoms. The topological polar surface area (TPSA) is 105 Å². The van der Waals surface area contributed by atoms with E-state index in [0.717, 1.165) is 17.0 Å². The second-order valence-electron chi connectivity index (χ2n) is 6.25. The van der Waals surface area contributed by atoms with Crippen molar-refractivity contribution in [2.75, 3.05) is 11.9 Å². The smallest absolute Gasteiger partial charge is 0.327 e. The van der Waals surface area contributed by atoms with Crippen LogP contribution in [0.3, 0.4) is 0 Å². The first-order chi connectivity index (χ1) is 12.6. The van der Waals surface area contributed by atoms with Crippen LogP contribution in [0.25, 0.3) is 0 Å². The van der Waals surface area contributed by atoms with Crippen LogP contribution in [0.15, 0.2) is 18.2 Å². The summed E-state index contributed by atoms with van der Waals surface area (Å²) in [6, 6.07) is 2.70. The summed E-state index contributed by atoms with van der Waals surface area (Å²) < 4.78 is 18.0. The number of anilines is 1. The van der Waals surface area contributed by atoms with Crippen molar-refractivity contribution >= 4 is 41.1 Å². The Kier molecular flexibility index (Phi) is 6.04. The minimum absolute atomic E-state index is 0.0138. The second-order valence-corrected chi connectivity index (χ2v) is 6.66. The first kappa shape index (κ1) is 20.6. The van der Waals surface area contributed by atoms with Crippen LogP contribution >= 0.6 is 11.6 Å². The molecule has 146 valence electrons. The number of carbonyl (C=O) groups is 4. The minimum Gasteiger partial charge on any atom is -0.451 e. The van der Waals surface area contributed by atoms with Crippen LogP contribution in [0.4, 0.5) is 14.9 Å². The zero-order valence-electron chi connectivity index (χ0n) is 15.0. The molecule has 1 aliphatic heterocycles. The number of carbonyl (C=O) groups excluding carboxylic acids is 4. The minimum atomic E-state index is -1.23. The fourth-order valence-electron chi connectivity index (χ4n) is 2.37. The first-order valence-electron chi connectivity index (χ1n) is 8.17. The van der Waals surface area contributed by atoms with E-state index in [4.69, 9.17) is 16.3 Å². The number of nitrogens with one attached hydrogen (secondary N) is 2. The van der Waals surface area contributed by atoms with Gasteiger partial charge in [-0.2, -0.15) is 0 Å². The van der Waals surface area contributed by atoms with E-state index >= 15 is 0 Å². The molecule has 10 heteroatoms. The standard InChI is InChI=1S/C17H19ClFN3O5/c1-4-17(3)15(25)22(16(26)21-17)8-13(23)27-9(2)14(24)20-12-6-5-10(19)7-11(12)18/h5-7,9H,4,8H2,1-3H3,(H,20,24)(H,21,26)/t9-,17+/m1/s1. The lowest BCUT2D eigenvalue weighted by molar-refractivity contribution is -0.155. The van der Waals surface area contributed by atoms with E-state index in [1.807, 2.05) is 0 Å². The van der Waals surface area contributed by atoms with Crippen LogP contribution in [0.5, 0.6) is 0 Å². The third-order valence-electron chi connectivity index (χ3n) is 4.21. The maximum atomic E-state index is 13.0. The molecule has 1 heterocycles. The summed E-state index contributed by atoms with van der Waals surface area (Å²) in [6.07, 6.45) is -0.864. The molecule has 0 radical (unpaired) electrons.